The molecule has 0 aliphatic heterocycles. The monoisotopic (exact) mass is 300 g/mol. The lowest BCUT2D eigenvalue weighted by atomic mass is 10.1. The Bertz CT molecular complexity index is 383. The van der Waals surface area contributed by atoms with Crippen LogP contribution in [0.2, 0.25) is 0 Å². The van der Waals surface area contributed by atoms with Gasteiger partial charge in [-0.2, -0.15) is 0 Å². The van der Waals surface area contributed by atoms with Crippen LogP contribution in [0.1, 0.15) is 30.6 Å². The number of carbonyl (C=O) groups is 1. The Hall–Kier alpha value is -0.940. The van der Waals surface area contributed by atoms with Crippen molar-refractivity contribution in [2.75, 3.05) is 6.54 Å². The van der Waals surface area contributed by atoms with Gasteiger partial charge in [-0.1, -0.05) is 13.8 Å². The lowest BCUT2D eigenvalue weighted by Gasteiger charge is -2.14. The summed E-state index contributed by atoms with van der Waals surface area (Å²) < 4.78 is 0.510. The van der Waals surface area contributed by atoms with Gasteiger partial charge in [0.1, 0.15) is 4.60 Å². The molecule has 2 N–H and O–H groups in total. The summed E-state index contributed by atoms with van der Waals surface area (Å²) in [4.78, 5) is 15.7. The molecule has 17 heavy (non-hydrogen) atoms. The number of nitrogens with one attached hydrogen (secondary N) is 1. The first kappa shape index (κ1) is 14.1. The van der Waals surface area contributed by atoms with Crippen molar-refractivity contribution < 1.29 is 9.90 Å². The van der Waals surface area contributed by atoms with E-state index >= 15 is 0 Å². The van der Waals surface area contributed by atoms with E-state index in [-0.39, 0.29) is 12.5 Å². The van der Waals surface area contributed by atoms with Gasteiger partial charge < -0.3 is 10.4 Å². The van der Waals surface area contributed by atoms with E-state index in [1.165, 1.54) is 0 Å². The predicted molar refractivity (Wildman–Crippen MR) is 69.7 cm³/mol. The number of rotatable bonds is 5. The fourth-order valence-electron chi connectivity index (χ4n) is 1.49. The van der Waals surface area contributed by atoms with E-state index in [0.717, 1.165) is 0 Å². The van der Waals surface area contributed by atoms with Crippen molar-refractivity contribution in [2.24, 2.45) is 5.92 Å². The molecule has 1 atom stereocenters. The summed E-state index contributed by atoms with van der Waals surface area (Å²) in [6.45, 7) is 4.32. The van der Waals surface area contributed by atoms with E-state index < -0.39 is 6.10 Å². The lowest BCUT2D eigenvalue weighted by Crippen LogP contribution is -2.33. The summed E-state index contributed by atoms with van der Waals surface area (Å²) in [5, 5.41) is 12.3. The molecule has 0 aliphatic carbocycles. The van der Waals surface area contributed by atoms with Gasteiger partial charge in [-0.05, 0) is 40.4 Å². The molecular formula is C12H17BrN2O2. The van der Waals surface area contributed by atoms with Gasteiger partial charge in [-0.3, -0.25) is 4.79 Å². The van der Waals surface area contributed by atoms with Gasteiger partial charge in [0, 0.05) is 12.7 Å². The van der Waals surface area contributed by atoms with Gasteiger partial charge in [-0.15, -0.1) is 0 Å². The van der Waals surface area contributed by atoms with E-state index in [0.29, 0.717) is 22.5 Å². The van der Waals surface area contributed by atoms with Crippen molar-refractivity contribution >= 4 is 21.8 Å². The Balaban J connectivity index is 2.48. The van der Waals surface area contributed by atoms with Crippen LogP contribution in [0.25, 0.3) is 0 Å². The van der Waals surface area contributed by atoms with Crippen molar-refractivity contribution in [3.8, 4) is 0 Å². The van der Waals surface area contributed by atoms with Crippen LogP contribution in [0, 0.1) is 5.92 Å². The summed E-state index contributed by atoms with van der Waals surface area (Å²) in [5.41, 5.74) is 0.476. The molecule has 1 heterocycles. The van der Waals surface area contributed by atoms with Crippen LogP contribution < -0.4 is 5.32 Å². The highest BCUT2D eigenvalue weighted by Crippen LogP contribution is 2.12. The number of hydrogen-bond donors (Lipinski definition) is 2. The fourth-order valence-corrected chi connectivity index (χ4v) is 1.92. The number of halogens is 1. The average Bonchev–Trinajstić information content (AvgIpc) is 2.25. The highest BCUT2D eigenvalue weighted by Gasteiger charge is 2.12. The zero-order valence-electron chi connectivity index (χ0n) is 9.98. The predicted octanol–water partition coefficient (Wildman–Crippen LogP) is 1.98. The fraction of sp³-hybridized carbons (Fsp3) is 0.500. The van der Waals surface area contributed by atoms with E-state index in [2.05, 4.69) is 26.2 Å². The first-order valence-corrected chi connectivity index (χ1v) is 6.36. The van der Waals surface area contributed by atoms with Gasteiger partial charge in [-0.25, -0.2) is 4.98 Å². The van der Waals surface area contributed by atoms with Gasteiger partial charge in [0.15, 0.2) is 0 Å². The molecule has 0 fully saturated rings. The molecule has 4 nitrogen and oxygen atoms in total. The molecule has 5 heteroatoms. The number of amides is 1. The molecule has 0 aromatic carbocycles. The Morgan fingerprint density at radius 3 is 2.88 bits per heavy atom. The molecule has 1 aromatic heterocycles. The van der Waals surface area contributed by atoms with Gasteiger partial charge in [0.2, 0.25) is 0 Å². The summed E-state index contributed by atoms with van der Waals surface area (Å²) in [5.74, 6) is 0.180. The molecule has 1 unspecified atom stereocenters. The van der Waals surface area contributed by atoms with E-state index in [4.69, 9.17) is 0 Å². The van der Waals surface area contributed by atoms with Crippen LogP contribution in [0.15, 0.2) is 22.9 Å². The number of nitrogens with zero attached hydrogens (tertiary/aromatic N) is 1. The van der Waals surface area contributed by atoms with Crippen LogP contribution in [0.3, 0.4) is 0 Å². The topological polar surface area (TPSA) is 62.2 Å². The smallest absolute Gasteiger partial charge is 0.254 e. The maximum atomic E-state index is 11.8. The molecular weight excluding hydrogens is 284 g/mol. The van der Waals surface area contributed by atoms with Crippen molar-refractivity contribution in [1.29, 1.82) is 0 Å². The van der Waals surface area contributed by atoms with Crippen molar-refractivity contribution in [2.45, 2.75) is 26.4 Å². The zero-order valence-corrected chi connectivity index (χ0v) is 11.6. The van der Waals surface area contributed by atoms with Crippen molar-refractivity contribution in [3.63, 3.8) is 0 Å². The summed E-state index contributed by atoms with van der Waals surface area (Å²) in [7, 11) is 0. The molecule has 94 valence electrons. The number of aliphatic hydroxyl groups excluding tert-OH is 1. The first-order valence-electron chi connectivity index (χ1n) is 5.57. The third kappa shape index (κ3) is 4.83. The zero-order chi connectivity index (χ0) is 12.8. The number of hydrogen-bond acceptors (Lipinski definition) is 3. The summed E-state index contributed by atoms with van der Waals surface area (Å²) >= 11 is 3.21. The standard InChI is InChI=1S/C12H17BrN2O2/c1-8(2)6-9(16)7-15-12(17)10-4-3-5-14-11(10)13/h3-5,8-9,16H,6-7H2,1-2H3,(H,15,17). The van der Waals surface area contributed by atoms with Gasteiger partial charge in [0.05, 0.1) is 11.7 Å². The molecule has 0 spiro atoms. The van der Waals surface area contributed by atoms with E-state index in [9.17, 15) is 9.90 Å². The van der Waals surface area contributed by atoms with Crippen LogP contribution in [-0.4, -0.2) is 28.6 Å². The molecule has 1 rings (SSSR count). The third-order valence-electron chi connectivity index (χ3n) is 2.25. The van der Waals surface area contributed by atoms with Crippen LogP contribution >= 0.6 is 15.9 Å². The minimum atomic E-state index is -0.505. The second kappa shape index (κ2) is 6.71. The summed E-state index contributed by atoms with van der Waals surface area (Å²) in [6, 6.07) is 3.38. The summed E-state index contributed by atoms with van der Waals surface area (Å²) in [6.07, 6.45) is 1.78. The van der Waals surface area contributed by atoms with Crippen LogP contribution in [0.4, 0.5) is 0 Å². The molecule has 0 aliphatic rings. The van der Waals surface area contributed by atoms with Crippen LogP contribution in [-0.2, 0) is 0 Å². The Kier molecular flexibility index (Phi) is 5.58. The van der Waals surface area contributed by atoms with Gasteiger partial charge >= 0.3 is 0 Å². The average molecular weight is 301 g/mol. The number of pyridine rings is 1. The Labute approximate surface area is 110 Å². The second-order valence-electron chi connectivity index (χ2n) is 4.34. The van der Waals surface area contributed by atoms with E-state index in [1.807, 2.05) is 13.8 Å². The third-order valence-corrected chi connectivity index (χ3v) is 2.88. The molecule has 0 saturated heterocycles. The Morgan fingerprint density at radius 1 is 1.59 bits per heavy atom. The number of carbonyl (C=O) groups excluding carboxylic acids is 1. The lowest BCUT2D eigenvalue weighted by molar-refractivity contribution is 0.0899. The van der Waals surface area contributed by atoms with Crippen molar-refractivity contribution in [3.05, 3.63) is 28.5 Å². The Morgan fingerprint density at radius 2 is 2.29 bits per heavy atom. The molecule has 0 radical (unpaired) electrons. The second-order valence-corrected chi connectivity index (χ2v) is 5.09. The first-order chi connectivity index (χ1) is 8.00. The molecule has 1 aromatic rings. The molecule has 0 saturated carbocycles. The normalized spacial score (nSPS) is 12.5. The highest BCUT2D eigenvalue weighted by atomic mass is 79.9. The molecule has 1 amide bonds. The minimum Gasteiger partial charge on any atom is -0.391 e. The maximum absolute atomic E-state index is 11.8. The van der Waals surface area contributed by atoms with Crippen LogP contribution in [0.5, 0.6) is 0 Å². The maximum Gasteiger partial charge on any atom is 0.254 e. The number of aliphatic hydroxyl groups is 1. The molecule has 0 bridgehead atoms. The number of aromatic nitrogens is 1. The van der Waals surface area contributed by atoms with E-state index in [1.54, 1.807) is 18.3 Å². The largest absolute Gasteiger partial charge is 0.391 e. The quantitative estimate of drug-likeness (QED) is 0.818. The van der Waals surface area contributed by atoms with Crippen molar-refractivity contribution in [1.82, 2.24) is 10.3 Å². The minimum absolute atomic E-state index is 0.229. The van der Waals surface area contributed by atoms with Gasteiger partial charge in [0.25, 0.3) is 5.91 Å². The highest BCUT2D eigenvalue weighted by molar-refractivity contribution is 9.10. The SMILES string of the molecule is CC(C)CC(O)CNC(=O)c1cccnc1Br.